The van der Waals surface area contributed by atoms with E-state index in [9.17, 15) is 4.79 Å². The molecular formula is C17H15N3O2. The van der Waals surface area contributed by atoms with E-state index in [1.165, 1.54) is 6.20 Å². The van der Waals surface area contributed by atoms with E-state index in [0.717, 1.165) is 5.69 Å². The van der Waals surface area contributed by atoms with E-state index in [-0.39, 0.29) is 0 Å². The molecule has 1 unspecified atom stereocenters. The molecule has 0 aliphatic heterocycles. The third-order valence-electron chi connectivity index (χ3n) is 3.23. The van der Waals surface area contributed by atoms with Gasteiger partial charge in [0.05, 0.1) is 23.1 Å². The zero-order valence-electron chi connectivity index (χ0n) is 12.1. The topological polar surface area (TPSA) is 57.0 Å². The van der Waals surface area contributed by atoms with Crippen molar-refractivity contribution in [2.75, 3.05) is 0 Å². The van der Waals surface area contributed by atoms with Crippen molar-refractivity contribution in [1.29, 1.82) is 0 Å². The van der Waals surface area contributed by atoms with Crippen LogP contribution in [-0.4, -0.2) is 20.7 Å². The van der Waals surface area contributed by atoms with Gasteiger partial charge in [-0.1, -0.05) is 24.3 Å². The molecule has 0 aliphatic carbocycles. The van der Waals surface area contributed by atoms with E-state index >= 15 is 0 Å². The van der Waals surface area contributed by atoms with Crippen molar-refractivity contribution in [3.8, 4) is 5.69 Å². The number of para-hydroxylation sites is 1. The molecule has 2 heterocycles. The van der Waals surface area contributed by atoms with E-state index in [1.807, 2.05) is 48.5 Å². The molecule has 5 nitrogen and oxygen atoms in total. The lowest BCUT2D eigenvalue weighted by molar-refractivity contribution is 0.0329. The number of hydrogen-bond donors (Lipinski definition) is 0. The Morgan fingerprint density at radius 1 is 1.14 bits per heavy atom. The van der Waals surface area contributed by atoms with E-state index in [4.69, 9.17) is 4.74 Å². The first-order chi connectivity index (χ1) is 10.7. The molecule has 22 heavy (non-hydrogen) atoms. The highest BCUT2D eigenvalue weighted by molar-refractivity contribution is 5.89. The standard InChI is InChI=1S/C17H15N3O2/c1-13(16-9-5-6-10-18-16)22-17(21)14-11-19-20(12-14)15-7-3-2-4-8-15/h2-13H,1H3. The average molecular weight is 293 g/mol. The number of esters is 1. The van der Waals surface area contributed by atoms with Crippen LogP contribution in [0.4, 0.5) is 0 Å². The van der Waals surface area contributed by atoms with Gasteiger partial charge in [-0.2, -0.15) is 5.10 Å². The van der Waals surface area contributed by atoms with Crippen LogP contribution in [-0.2, 0) is 4.74 Å². The molecule has 0 spiro atoms. The van der Waals surface area contributed by atoms with Crippen molar-refractivity contribution in [2.45, 2.75) is 13.0 Å². The van der Waals surface area contributed by atoms with Crippen LogP contribution in [0.25, 0.3) is 5.69 Å². The third kappa shape index (κ3) is 3.03. The molecule has 1 aromatic carbocycles. The Morgan fingerprint density at radius 2 is 1.91 bits per heavy atom. The Balaban J connectivity index is 1.72. The van der Waals surface area contributed by atoms with Gasteiger partial charge in [0.25, 0.3) is 0 Å². The fraction of sp³-hybridized carbons (Fsp3) is 0.118. The second-order valence-electron chi connectivity index (χ2n) is 4.81. The van der Waals surface area contributed by atoms with E-state index in [0.29, 0.717) is 11.3 Å². The fourth-order valence-corrected chi connectivity index (χ4v) is 2.06. The molecule has 1 atom stereocenters. The highest BCUT2D eigenvalue weighted by atomic mass is 16.5. The van der Waals surface area contributed by atoms with Crippen LogP contribution in [0.5, 0.6) is 0 Å². The van der Waals surface area contributed by atoms with Crippen molar-refractivity contribution < 1.29 is 9.53 Å². The van der Waals surface area contributed by atoms with E-state index < -0.39 is 12.1 Å². The normalized spacial score (nSPS) is 11.9. The first-order valence-electron chi connectivity index (χ1n) is 6.96. The summed E-state index contributed by atoms with van der Waals surface area (Å²) in [6.07, 6.45) is 4.42. The number of carbonyl (C=O) groups excluding carboxylic acids is 1. The van der Waals surface area contributed by atoms with Crippen LogP contribution < -0.4 is 0 Å². The second kappa shape index (κ2) is 6.22. The quantitative estimate of drug-likeness (QED) is 0.693. The van der Waals surface area contributed by atoms with Crippen LogP contribution in [0.3, 0.4) is 0 Å². The van der Waals surface area contributed by atoms with Crippen LogP contribution in [0.1, 0.15) is 29.1 Å². The Morgan fingerprint density at radius 3 is 2.64 bits per heavy atom. The molecule has 0 saturated heterocycles. The summed E-state index contributed by atoms with van der Waals surface area (Å²) in [4.78, 5) is 16.3. The zero-order chi connectivity index (χ0) is 15.4. The highest BCUT2D eigenvalue weighted by Gasteiger charge is 2.16. The number of aromatic nitrogens is 3. The number of pyridine rings is 1. The molecule has 0 bridgehead atoms. The third-order valence-corrected chi connectivity index (χ3v) is 3.23. The van der Waals surface area contributed by atoms with Gasteiger partial charge >= 0.3 is 5.97 Å². The number of hydrogen-bond acceptors (Lipinski definition) is 4. The monoisotopic (exact) mass is 293 g/mol. The van der Waals surface area contributed by atoms with Crippen molar-refractivity contribution in [2.24, 2.45) is 0 Å². The lowest BCUT2D eigenvalue weighted by atomic mass is 10.2. The molecule has 3 rings (SSSR count). The number of ether oxygens (including phenoxy) is 1. The first-order valence-corrected chi connectivity index (χ1v) is 6.96. The van der Waals surface area contributed by atoms with Crippen LogP contribution in [0.2, 0.25) is 0 Å². The summed E-state index contributed by atoms with van der Waals surface area (Å²) in [6.45, 7) is 1.79. The summed E-state index contributed by atoms with van der Waals surface area (Å²) in [5.74, 6) is -0.416. The van der Waals surface area contributed by atoms with E-state index in [2.05, 4.69) is 10.1 Å². The Hall–Kier alpha value is -2.95. The maximum absolute atomic E-state index is 12.2. The van der Waals surface area contributed by atoms with Crippen molar-refractivity contribution in [3.63, 3.8) is 0 Å². The highest BCUT2D eigenvalue weighted by Crippen LogP contribution is 2.16. The lowest BCUT2D eigenvalue weighted by Crippen LogP contribution is -2.09. The number of benzene rings is 1. The Labute approximate surface area is 128 Å². The predicted molar refractivity (Wildman–Crippen MR) is 81.6 cm³/mol. The number of rotatable bonds is 4. The molecule has 2 aromatic heterocycles. The van der Waals surface area contributed by atoms with Crippen molar-refractivity contribution in [3.05, 3.63) is 78.4 Å². The maximum Gasteiger partial charge on any atom is 0.342 e. The fourth-order valence-electron chi connectivity index (χ4n) is 2.06. The van der Waals surface area contributed by atoms with Crippen molar-refractivity contribution >= 4 is 5.97 Å². The largest absolute Gasteiger partial charge is 0.452 e. The van der Waals surface area contributed by atoms with Crippen LogP contribution in [0, 0.1) is 0 Å². The molecule has 5 heteroatoms. The van der Waals surface area contributed by atoms with Gasteiger partial charge in [0.1, 0.15) is 6.10 Å². The van der Waals surface area contributed by atoms with Gasteiger partial charge in [-0.15, -0.1) is 0 Å². The summed E-state index contributed by atoms with van der Waals surface area (Å²) in [6, 6.07) is 15.1. The first kappa shape index (κ1) is 14.0. The van der Waals surface area contributed by atoms with Crippen LogP contribution >= 0.6 is 0 Å². The molecule has 0 saturated carbocycles. The Kier molecular flexibility index (Phi) is 3.96. The Bertz CT molecular complexity index is 754. The summed E-state index contributed by atoms with van der Waals surface area (Å²) < 4.78 is 7.06. The van der Waals surface area contributed by atoms with Gasteiger partial charge in [0.2, 0.25) is 0 Å². The number of carbonyl (C=O) groups is 1. The summed E-state index contributed by atoms with van der Waals surface area (Å²) in [5, 5.41) is 4.19. The molecule has 110 valence electrons. The average Bonchev–Trinajstić information content (AvgIpc) is 3.06. The smallest absolute Gasteiger partial charge is 0.342 e. The summed E-state index contributed by atoms with van der Waals surface area (Å²) >= 11 is 0. The van der Waals surface area contributed by atoms with Gasteiger partial charge < -0.3 is 4.74 Å². The number of nitrogens with zero attached hydrogens (tertiary/aromatic N) is 3. The minimum absolute atomic E-state index is 0.409. The van der Waals surface area contributed by atoms with Crippen molar-refractivity contribution in [1.82, 2.24) is 14.8 Å². The molecular weight excluding hydrogens is 278 g/mol. The van der Waals surface area contributed by atoms with Gasteiger partial charge in [0, 0.05) is 12.4 Å². The van der Waals surface area contributed by atoms with E-state index in [1.54, 1.807) is 24.0 Å². The van der Waals surface area contributed by atoms with Gasteiger partial charge in [-0.25, -0.2) is 9.48 Å². The summed E-state index contributed by atoms with van der Waals surface area (Å²) in [7, 11) is 0. The molecule has 0 N–H and O–H groups in total. The molecule has 0 aliphatic rings. The maximum atomic E-state index is 12.2. The second-order valence-corrected chi connectivity index (χ2v) is 4.81. The zero-order valence-corrected chi connectivity index (χ0v) is 12.1. The van der Waals surface area contributed by atoms with Crippen LogP contribution in [0.15, 0.2) is 67.1 Å². The van der Waals surface area contributed by atoms with Gasteiger partial charge in [-0.05, 0) is 31.2 Å². The molecule has 3 aromatic rings. The molecule has 0 fully saturated rings. The molecule has 0 amide bonds. The minimum Gasteiger partial charge on any atom is -0.452 e. The SMILES string of the molecule is CC(OC(=O)c1cnn(-c2ccccc2)c1)c1ccccn1. The van der Waals surface area contributed by atoms with Gasteiger partial charge in [0.15, 0.2) is 0 Å². The minimum atomic E-state index is -0.416. The predicted octanol–water partition coefficient (Wildman–Crippen LogP) is 3.19. The molecule has 0 radical (unpaired) electrons. The lowest BCUT2D eigenvalue weighted by Gasteiger charge is -2.11. The van der Waals surface area contributed by atoms with Gasteiger partial charge in [-0.3, -0.25) is 4.98 Å². The summed E-state index contributed by atoms with van der Waals surface area (Å²) in [5.41, 5.74) is 2.01.